The Morgan fingerprint density at radius 1 is 1.61 bits per heavy atom. The first-order valence-electron chi connectivity index (χ1n) is 4.82. The van der Waals surface area contributed by atoms with Crippen molar-refractivity contribution in [2.24, 2.45) is 0 Å². The van der Waals surface area contributed by atoms with Crippen LogP contribution in [0.15, 0.2) is 16.9 Å². The first kappa shape index (κ1) is 11.8. The first-order chi connectivity index (χ1) is 8.49. The van der Waals surface area contributed by atoms with Gasteiger partial charge >= 0.3 is 5.69 Å². The van der Waals surface area contributed by atoms with E-state index in [0.29, 0.717) is 5.76 Å². The molecule has 2 heterocycles. The molecule has 0 aliphatic heterocycles. The smallest absolute Gasteiger partial charge is 0.307 e. The average Bonchev–Trinajstić information content (AvgIpc) is 2.88. The number of carbonyl (C=O) groups is 1. The van der Waals surface area contributed by atoms with Crippen molar-refractivity contribution in [3.05, 3.63) is 39.5 Å². The van der Waals surface area contributed by atoms with Crippen LogP contribution in [0, 0.1) is 17.0 Å². The molecule has 0 unspecified atom stereocenters. The zero-order valence-electron chi connectivity index (χ0n) is 9.19. The molecule has 0 aliphatic rings. The zero-order chi connectivity index (χ0) is 13.3. The minimum Gasteiger partial charge on any atom is -0.543 e. The molecule has 0 aliphatic carbocycles. The first-order valence-corrected chi connectivity index (χ1v) is 4.82. The van der Waals surface area contributed by atoms with Crippen LogP contribution in [0.1, 0.15) is 21.8 Å². The van der Waals surface area contributed by atoms with Gasteiger partial charge < -0.3 is 14.4 Å². The van der Waals surface area contributed by atoms with E-state index < -0.39 is 10.9 Å². The van der Waals surface area contributed by atoms with E-state index in [1.807, 2.05) is 0 Å². The van der Waals surface area contributed by atoms with Gasteiger partial charge in [-0.2, -0.15) is 5.10 Å². The zero-order valence-corrected chi connectivity index (χ0v) is 9.19. The Morgan fingerprint density at radius 3 is 2.89 bits per heavy atom. The molecule has 0 fully saturated rings. The average molecular weight is 251 g/mol. The predicted octanol–water partition coefficient (Wildman–Crippen LogP) is -0.500. The highest BCUT2D eigenvalue weighted by atomic mass is 16.6. The number of nitrogens with zero attached hydrogens (tertiary/aromatic N) is 4. The fourth-order valence-corrected chi connectivity index (χ4v) is 1.43. The fourth-order valence-electron chi connectivity index (χ4n) is 1.43. The third-order valence-electron chi connectivity index (χ3n) is 2.33. The molecule has 0 amide bonds. The number of aryl methyl sites for hydroxylation is 1. The molecule has 0 radical (unpaired) electrons. The molecule has 0 saturated carbocycles. The topological polar surface area (TPSA) is 127 Å². The van der Waals surface area contributed by atoms with Gasteiger partial charge in [0.25, 0.3) is 0 Å². The lowest BCUT2D eigenvalue weighted by molar-refractivity contribution is -0.385. The maximum atomic E-state index is 10.8. The Kier molecular flexibility index (Phi) is 2.80. The van der Waals surface area contributed by atoms with Crippen LogP contribution < -0.4 is 5.11 Å². The van der Waals surface area contributed by atoms with Crippen molar-refractivity contribution in [1.29, 1.82) is 0 Å². The molecular weight excluding hydrogens is 244 g/mol. The van der Waals surface area contributed by atoms with Gasteiger partial charge in [-0.1, -0.05) is 5.16 Å². The summed E-state index contributed by atoms with van der Waals surface area (Å²) in [5, 5.41) is 28.3. The molecule has 0 atom stereocenters. The second kappa shape index (κ2) is 4.28. The van der Waals surface area contributed by atoms with Crippen molar-refractivity contribution in [3.8, 4) is 0 Å². The van der Waals surface area contributed by atoms with E-state index in [1.54, 1.807) is 0 Å². The summed E-state index contributed by atoms with van der Waals surface area (Å²) >= 11 is 0. The number of carboxylic acids is 1. The standard InChI is InChI=1S/C9H8N4O5/c1-5-7(8(9(14)15)11-18-5)4-12-3-6(2-10-12)13(16)17/h2-3H,4H2,1H3,(H,14,15)/p-1. The third-order valence-corrected chi connectivity index (χ3v) is 2.33. The van der Waals surface area contributed by atoms with E-state index in [2.05, 4.69) is 10.3 Å². The summed E-state index contributed by atoms with van der Waals surface area (Å²) in [5.74, 6) is -1.17. The van der Waals surface area contributed by atoms with Crippen molar-refractivity contribution in [2.75, 3.05) is 0 Å². The minimum atomic E-state index is -1.47. The lowest BCUT2D eigenvalue weighted by Crippen LogP contribution is -2.24. The summed E-state index contributed by atoms with van der Waals surface area (Å²) in [5.41, 5.74) is -0.238. The molecule has 2 rings (SSSR count). The summed E-state index contributed by atoms with van der Waals surface area (Å²) in [6.07, 6.45) is 2.26. The maximum Gasteiger partial charge on any atom is 0.307 e. The monoisotopic (exact) mass is 251 g/mol. The second-order valence-corrected chi connectivity index (χ2v) is 3.51. The van der Waals surface area contributed by atoms with E-state index in [1.165, 1.54) is 17.8 Å². The Morgan fingerprint density at radius 2 is 2.33 bits per heavy atom. The second-order valence-electron chi connectivity index (χ2n) is 3.51. The molecule has 0 spiro atoms. The van der Waals surface area contributed by atoms with E-state index in [4.69, 9.17) is 4.52 Å². The van der Waals surface area contributed by atoms with Gasteiger partial charge in [0.05, 0.1) is 17.4 Å². The predicted molar refractivity (Wildman–Crippen MR) is 53.6 cm³/mol. The molecule has 0 bridgehead atoms. The minimum absolute atomic E-state index is 0.00644. The fraction of sp³-hybridized carbons (Fsp3) is 0.222. The van der Waals surface area contributed by atoms with Crippen LogP contribution in [-0.4, -0.2) is 25.8 Å². The summed E-state index contributed by atoms with van der Waals surface area (Å²) < 4.78 is 5.96. The van der Waals surface area contributed by atoms with Gasteiger partial charge in [0, 0.05) is 5.56 Å². The molecule has 2 aromatic rings. The van der Waals surface area contributed by atoms with Crippen LogP contribution in [0.4, 0.5) is 5.69 Å². The molecule has 18 heavy (non-hydrogen) atoms. The van der Waals surface area contributed by atoms with E-state index in [-0.39, 0.29) is 23.5 Å². The Hall–Kier alpha value is -2.71. The number of aromatic carboxylic acids is 1. The number of carboxylic acid groups (broad SMARTS) is 1. The van der Waals surface area contributed by atoms with Crippen LogP contribution in [0.5, 0.6) is 0 Å². The van der Waals surface area contributed by atoms with Gasteiger partial charge in [0.15, 0.2) is 0 Å². The van der Waals surface area contributed by atoms with Crippen LogP contribution in [0.25, 0.3) is 0 Å². The summed E-state index contributed by atoms with van der Waals surface area (Å²) in [6, 6.07) is 0. The van der Waals surface area contributed by atoms with Crippen molar-refractivity contribution in [1.82, 2.24) is 14.9 Å². The molecule has 9 heteroatoms. The third kappa shape index (κ3) is 2.05. The van der Waals surface area contributed by atoms with Crippen molar-refractivity contribution < 1.29 is 19.3 Å². The lowest BCUT2D eigenvalue weighted by atomic mass is 10.2. The van der Waals surface area contributed by atoms with Gasteiger partial charge in [-0.05, 0) is 6.92 Å². The van der Waals surface area contributed by atoms with Crippen LogP contribution in [0.3, 0.4) is 0 Å². The van der Waals surface area contributed by atoms with Crippen molar-refractivity contribution in [2.45, 2.75) is 13.5 Å². The SMILES string of the molecule is Cc1onc(C(=O)[O-])c1Cn1cc([N+](=O)[O-])cn1. The highest BCUT2D eigenvalue weighted by molar-refractivity contribution is 5.85. The van der Waals surface area contributed by atoms with Crippen LogP contribution in [0.2, 0.25) is 0 Å². The van der Waals surface area contributed by atoms with E-state index >= 15 is 0 Å². The van der Waals surface area contributed by atoms with Gasteiger partial charge in [-0.25, -0.2) is 0 Å². The molecule has 0 N–H and O–H groups in total. The Balaban J connectivity index is 2.30. The normalized spacial score (nSPS) is 10.5. The van der Waals surface area contributed by atoms with Gasteiger partial charge in [0.1, 0.15) is 23.8 Å². The lowest BCUT2D eigenvalue weighted by Gasteiger charge is -2.02. The highest BCUT2D eigenvalue weighted by Gasteiger charge is 2.16. The van der Waals surface area contributed by atoms with Gasteiger partial charge in [0.2, 0.25) is 0 Å². The molecule has 0 aromatic carbocycles. The number of hydrogen-bond acceptors (Lipinski definition) is 7. The van der Waals surface area contributed by atoms with Crippen LogP contribution in [-0.2, 0) is 6.54 Å². The molecule has 0 saturated heterocycles. The van der Waals surface area contributed by atoms with Crippen LogP contribution >= 0.6 is 0 Å². The van der Waals surface area contributed by atoms with E-state index in [9.17, 15) is 20.0 Å². The van der Waals surface area contributed by atoms with Crippen molar-refractivity contribution in [3.63, 3.8) is 0 Å². The maximum absolute atomic E-state index is 10.8. The summed E-state index contributed by atoms with van der Waals surface area (Å²) in [4.78, 5) is 20.6. The number of carbonyl (C=O) groups excluding carboxylic acids is 1. The summed E-state index contributed by atoms with van der Waals surface area (Å²) in [6.45, 7) is 1.54. The molecule has 2 aromatic heterocycles. The number of rotatable bonds is 4. The Labute approximate surface area is 99.8 Å². The highest BCUT2D eigenvalue weighted by Crippen LogP contribution is 2.16. The number of aromatic nitrogens is 3. The largest absolute Gasteiger partial charge is 0.543 e. The van der Waals surface area contributed by atoms with Gasteiger partial charge in [-0.3, -0.25) is 14.8 Å². The van der Waals surface area contributed by atoms with Crippen molar-refractivity contribution >= 4 is 11.7 Å². The van der Waals surface area contributed by atoms with Gasteiger partial charge in [-0.15, -0.1) is 0 Å². The molecule has 94 valence electrons. The number of hydrogen-bond donors (Lipinski definition) is 0. The quantitative estimate of drug-likeness (QED) is 0.529. The Bertz CT molecular complexity index is 614. The number of nitro groups is 1. The summed E-state index contributed by atoms with van der Waals surface area (Å²) in [7, 11) is 0. The molecule has 9 nitrogen and oxygen atoms in total. The molecular formula is C9H7N4O5-. The van der Waals surface area contributed by atoms with E-state index in [0.717, 1.165) is 6.20 Å².